The third kappa shape index (κ3) is 4.51. The molecule has 1 aromatic rings. The predicted octanol–water partition coefficient (Wildman–Crippen LogP) is -1.73. The Bertz CT molecular complexity index is 397. The van der Waals surface area contributed by atoms with E-state index in [1.807, 2.05) is 0 Å². The van der Waals surface area contributed by atoms with Gasteiger partial charge in [0, 0.05) is 6.04 Å². The Balaban J connectivity index is 0.000000203. The van der Waals surface area contributed by atoms with Crippen LogP contribution in [0, 0.1) is 0 Å². The van der Waals surface area contributed by atoms with E-state index in [0.29, 0.717) is 6.04 Å². The van der Waals surface area contributed by atoms with Gasteiger partial charge in [-0.2, -0.15) is 0 Å². The molecule has 0 saturated carbocycles. The average Bonchev–Trinajstić information content (AvgIpc) is 2.28. The number of hydrogen-bond donors (Lipinski definition) is 7. The van der Waals surface area contributed by atoms with Crippen LogP contribution in [0.5, 0.6) is 0 Å². The molecule has 2 rings (SSSR count). The number of rotatable bonds is 1. The van der Waals surface area contributed by atoms with Crippen molar-refractivity contribution in [3.63, 3.8) is 0 Å². The van der Waals surface area contributed by atoms with Gasteiger partial charge in [-0.05, 0) is 30.4 Å². The summed E-state index contributed by atoms with van der Waals surface area (Å²) in [7, 11) is 0. The largest absolute Gasteiger partial charge is 0.362 e. The lowest BCUT2D eigenvalue weighted by Gasteiger charge is -2.23. The van der Waals surface area contributed by atoms with Gasteiger partial charge in [0.15, 0.2) is 0 Å². The molecule has 0 amide bonds. The van der Waals surface area contributed by atoms with Crippen LogP contribution in [0.3, 0.4) is 0 Å². The molecule has 7 nitrogen and oxygen atoms in total. The maximum Gasteiger partial charge on any atom is 0.362 e. The molecule has 1 aliphatic carbocycles. The van der Waals surface area contributed by atoms with Crippen molar-refractivity contribution in [2.45, 2.75) is 37.3 Å². The van der Waals surface area contributed by atoms with E-state index in [-0.39, 0.29) is 0 Å². The minimum absolute atomic E-state index is 0.292. The van der Waals surface area contributed by atoms with Gasteiger partial charge in [-0.1, -0.05) is 24.3 Å². The van der Waals surface area contributed by atoms with Gasteiger partial charge in [0.2, 0.25) is 0 Å². The third-order valence-corrected chi connectivity index (χ3v) is 2.87. The highest BCUT2D eigenvalue weighted by Gasteiger charge is 2.44. The van der Waals surface area contributed by atoms with Crippen molar-refractivity contribution in [1.82, 2.24) is 0 Å². The minimum Gasteiger partial charge on any atom is -0.337 e. The lowest BCUT2D eigenvalue weighted by atomic mass is 9.88. The van der Waals surface area contributed by atoms with E-state index < -0.39 is 11.9 Å². The lowest BCUT2D eigenvalue weighted by molar-refractivity contribution is -0.512. The van der Waals surface area contributed by atoms with Gasteiger partial charge >= 0.3 is 11.9 Å². The van der Waals surface area contributed by atoms with E-state index in [4.69, 9.17) is 36.4 Å². The Morgan fingerprint density at radius 3 is 1.95 bits per heavy atom. The van der Waals surface area contributed by atoms with Crippen molar-refractivity contribution >= 4 is 0 Å². The molecule has 0 saturated heterocycles. The van der Waals surface area contributed by atoms with Crippen LogP contribution < -0.4 is 5.73 Å². The number of hydrogen-bond acceptors (Lipinski definition) is 7. The molecule has 0 heterocycles. The summed E-state index contributed by atoms with van der Waals surface area (Å²) in [5.74, 6) is -7.79. The molecule has 1 atom stereocenters. The molecule has 7 heteroatoms. The summed E-state index contributed by atoms with van der Waals surface area (Å²) in [6, 6.07) is 8.80. The van der Waals surface area contributed by atoms with Crippen LogP contribution in [0.15, 0.2) is 24.3 Å². The van der Waals surface area contributed by atoms with Crippen LogP contribution in [0.2, 0.25) is 0 Å². The van der Waals surface area contributed by atoms with Gasteiger partial charge in [0.1, 0.15) is 0 Å². The van der Waals surface area contributed by atoms with Crippen molar-refractivity contribution in [2.75, 3.05) is 0 Å². The summed E-state index contributed by atoms with van der Waals surface area (Å²) in [6.45, 7) is 0. The van der Waals surface area contributed by atoms with Gasteiger partial charge < -0.3 is 36.4 Å². The molecule has 1 aromatic carbocycles. The molecule has 0 bridgehead atoms. The zero-order chi connectivity index (χ0) is 14.7. The first-order valence-electron chi connectivity index (χ1n) is 5.80. The number of nitrogens with two attached hydrogens (primary N) is 1. The predicted molar refractivity (Wildman–Crippen MR) is 65.1 cm³/mol. The van der Waals surface area contributed by atoms with Crippen LogP contribution in [-0.2, 0) is 6.42 Å². The van der Waals surface area contributed by atoms with E-state index >= 15 is 0 Å². The molecule has 0 aliphatic heterocycles. The van der Waals surface area contributed by atoms with Gasteiger partial charge in [-0.15, -0.1) is 0 Å². The Morgan fingerprint density at radius 1 is 0.947 bits per heavy atom. The quantitative estimate of drug-likeness (QED) is 0.301. The Hall–Kier alpha value is -1.06. The first-order valence-corrected chi connectivity index (χ1v) is 5.80. The van der Waals surface area contributed by atoms with Crippen molar-refractivity contribution in [2.24, 2.45) is 5.73 Å². The summed E-state index contributed by atoms with van der Waals surface area (Å²) in [5, 5.41) is 46.3. The standard InChI is InChI=1S/C10H13N.C2H6O6/c11-10-7-3-5-8-4-1-2-6-9(8)10;3-1(4,5)2(6,7)8/h1-2,4,6,10H,3,5,7,11H2;3-8H. The highest BCUT2D eigenvalue weighted by molar-refractivity contribution is 5.31. The molecule has 0 aromatic heterocycles. The summed E-state index contributed by atoms with van der Waals surface area (Å²) < 4.78 is 0. The molecule has 0 radical (unpaired) electrons. The molecule has 8 N–H and O–H groups in total. The fourth-order valence-electron chi connectivity index (χ4n) is 1.79. The third-order valence-electron chi connectivity index (χ3n) is 2.87. The zero-order valence-corrected chi connectivity index (χ0v) is 10.3. The maximum atomic E-state index is 7.72. The van der Waals surface area contributed by atoms with Crippen LogP contribution in [0.4, 0.5) is 0 Å². The summed E-state index contributed by atoms with van der Waals surface area (Å²) >= 11 is 0. The van der Waals surface area contributed by atoms with E-state index in [1.54, 1.807) is 0 Å². The molecule has 108 valence electrons. The van der Waals surface area contributed by atoms with E-state index in [9.17, 15) is 0 Å². The first kappa shape index (κ1) is 16.0. The van der Waals surface area contributed by atoms with Crippen molar-refractivity contribution < 1.29 is 30.6 Å². The Kier molecular flexibility index (Phi) is 4.99. The Labute approximate surface area is 110 Å². The molecule has 1 unspecified atom stereocenters. The topological polar surface area (TPSA) is 147 Å². The van der Waals surface area contributed by atoms with Crippen LogP contribution in [-0.4, -0.2) is 42.6 Å². The Morgan fingerprint density at radius 2 is 1.47 bits per heavy atom. The number of aliphatic hydroxyl groups is 6. The van der Waals surface area contributed by atoms with Crippen LogP contribution in [0.1, 0.15) is 30.0 Å². The second kappa shape index (κ2) is 5.93. The average molecular weight is 273 g/mol. The first-order chi connectivity index (χ1) is 8.63. The fourth-order valence-corrected chi connectivity index (χ4v) is 1.79. The lowest BCUT2D eigenvalue weighted by Crippen LogP contribution is -2.54. The molecular formula is C12H19NO6. The summed E-state index contributed by atoms with van der Waals surface area (Å²) in [5.41, 5.74) is 8.76. The van der Waals surface area contributed by atoms with Crippen LogP contribution in [0.25, 0.3) is 0 Å². The SMILES string of the molecule is NC1CCCc2ccccc21.OC(O)(O)C(O)(O)O. The highest BCUT2D eigenvalue weighted by Crippen LogP contribution is 2.26. The second-order valence-electron chi connectivity index (χ2n) is 4.47. The number of fused-ring (bicyclic) bond motifs is 1. The van der Waals surface area contributed by atoms with E-state index in [0.717, 1.165) is 6.42 Å². The van der Waals surface area contributed by atoms with Crippen molar-refractivity contribution in [1.29, 1.82) is 0 Å². The van der Waals surface area contributed by atoms with Crippen LogP contribution >= 0.6 is 0 Å². The summed E-state index contributed by atoms with van der Waals surface area (Å²) in [4.78, 5) is 0. The van der Waals surface area contributed by atoms with E-state index in [2.05, 4.69) is 24.3 Å². The normalized spacial score (nSPS) is 19.2. The maximum absolute atomic E-state index is 7.72. The fraction of sp³-hybridized carbons (Fsp3) is 0.500. The van der Waals surface area contributed by atoms with Gasteiger partial charge in [0.25, 0.3) is 0 Å². The highest BCUT2D eigenvalue weighted by atomic mass is 16.8. The van der Waals surface area contributed by atoms with E-state index in [1.165, 1.54) is 24.0 Å². The van der Waals surface area contributed by atoms with Gasteiger partial charge in [-0.3, -0.25) is 0 Å². The molecule has 1 aliphatic rings. The molecule has 19 heavy (non-hydrogen) atoms. The zero-order valence-electron chi connectivity index (χ0n) is 10.3. The van der Waals surface area contributed by atoms with Gasteiger partial charge in [-0.25, -0.2) is 0 Å². The smallest absolute Gasteiger partial charge is 0.337 e. The molecular weight excluding hydrogens is 254 g/mol. The van der Waals surface area contributed by atoms with Gasteiger partial charge in [0.05, 0.1) is 0 Å². The van der Waals surface area contributed by atoms with Crippen molar-refractivity contribution in [3.05, 3.63) is 35.4 Å². The number of aryl methyl sites for hydroxylation is 1. The van der Waals surface area contributed by atoms with Crippen molar-refractivity contribution in [3.8, 4) is 0 Å². The molecule has 0 fully saturated rings. The summed E-state index contributed by atoms with van der Waals surface area (Å²) in [6.07, 6.45) is 3.61. The number of benzene rings is 1. The minimum atomic E-state index is -3.90. The second-order valence-corrected chi connectivity index (χ2v) is 4.47. The molecule has 0 spiro atoms. The monoisotopic (exact) mass is 273 g/mol.